The molecule has 16 heteroatoms. The number of aliphatic hydroxyl groups is 1. The number of fused-ring (bicyclic) bond motifs is 1. The van der Waals surface area contributed by atoms with E-state index in [-0.39, 0.29) is 12.4 Å². The molecule has 2 aromatic carbocycles. The average molecular weight is 553 g/mol. The molecule has 2 fully saturated rings. The second-order valence-electron chi connectivity index (χ2n) is 12.8. The topological polar surface area (TPSA) is 111 Å². The molecule has 0 saturated carbocycles. The van der Waals surface area contributed by atoms with Gasteiger partial charge in [-0.05, 0) is 28.1 Å². The molecule has 0 bridgehead atoms. The zero-order chi connectivity index (χ0) is 30.0. The van der Waals surface area contributed by atoms with Crippen molar-refractivity contribution < 1.29 is 28.6 Å². The Bertz CT molecular complexity index is 1440. The van der Waals surface area contributed by atoms with Gasteiger partial charge in [-0.25, -0.2) is 4.39 Å². The van der Waals surface area contributed by atoms with E-state index in [0.29, 0.717) is 47.7 Å². The van der Waals surface area contributed by atoms with Crippen LogP contribution in [0.25, 0.3) is 0 Å². The second-order valence-corrected chi connectivity index (χ2v) is 12.8. The highest BCUT2D eigenvalue weighted by atomic mass is 19.1. The lowest BCUT2D eigenvalue weighted by molar-refractivity contribution is -0.174. The number of amides is 3. The van der Waals surface area contributed by atoms with Crippen LogP contribution in [-0.2, 0) is 32.8 Å². The first-order valence-electron chi connectivity index (χ1n) is 14.0. The molecule has 3 heterocycles. The summed E-state index contributed by atoms with van der Waals surface area (Å²) in [5, 5.41) is 14.1. The van der Waals surface area contributed by atoms with E-state index in [1.807, 2.05) is 6.07 Å². The molecule has 0 aromatic heterocycles. The number of piperidine rings is 1. The van der Waals surface area contributed by atoms with Gasteiger partial charge in [0.1, 0.15) is 52.9 Å². The second kappa shape index (κ2) is 10.1. The van der Waals surface area contributed by atoms with E-state index in [4.69, 9.17) is 4.74 Å². The number of morpholine rings is 1. The Morgan fingerprint density at radius 2 is 1.59 bits per heavy atom. The molecule has 0 aliphatic carbocycles. The predicted molar refractivity (Wildman–Crippen MR) is 169 cm³/mol. The first-order chi connectivity index (χ1) is 19.2. The number of carbonyl (C=O) groups is 3. The highest BCUT2D eigenvalue weighted by molar-refractivity contribution is 6.64. The van der Waals surface area contributed by atoms with E-state index in [9.17, 15) is 19.5 Å². The fraction of sp³-hybridized carbons (Fsp3) is 0.400. The van der Waals surface area contributed by atoms with Crippen LogP contribution >= 0.6 is 0 Å². The fourth-order valence-electron chi connectivity index (χ4n) is 6.39. The Kier molecular flexibility index (Phi) is 7.28. The van der Waals surface area contributed by atoms with E-state index in [1.165, 1.54) is 4.90 Å². The highest BCUT2D eigenvalue weighted by Crippen LogP contribution is 2.57. The molecule has 41 heavy (non-hydrogen) atoms. The van der Waals surface area contributed by atoms with Gasteiger partial charge >= 0.3 is 0 Å². The molecule has 1 atom stereocenters. The number of ether oxygens (including phenoxy) is 1. The summed E-state index contributed by atoms with van der Waals surface area (Å²) >= 11 is 0. The highest BCUT2D eigenvalue weighted by Gasteiger charge is 2.69. The molecule has 3 aliphatic rings. The maximum Gasteiger partial charge on any atom is 0.278 e. The van der Waals surface area contributed by atoms with Gasteiger partial charge < -0.3 is 20.1 Å². The standard InChI is InChI=1S/C25H33B6FN4O5/c26-22(27)20(38)34-21(39)23(40,25(22,30)31)36-19(37)15-5-2-6-16(17(15)24(36,28)29)33-11-13-3-1-4-14(18(13)32)12-35-7-9-41-10-8-35/h1-6,33,40H,7-12,26-31H2,(H,34,38,39). The van der Waals surface area contributed by atoms with E-state index >= 15 is 4.39 Å². The van der Waals surface area contributed by atoms with Crippen molar-refractivity contribution in [3.8, 4) is 0 Å². The Morgan fingerprint density at radius 1 is 0.951 bits per heavy atom. The Morgan fingerprint density at radius 3 is 2.27 bits per heavy atom. The van der Waals surface area contributed by atoms with Gasteiger partial charge in [0.2, 0.25) is 11.6 Å². The largest absolute Gasteiger partial charge is 0.381 e. The average Bonchev–Trinajstić information content (AvgIpc) is 3.13. The van der Waals surface area contributed by atoms with Gasteiger partial charge in [-0.1, -0.05) is 24.3 Å². The van der Waals surface area contributed by atoms with Crippen LogP contribution in [0, 0.1) is 5.82 Å². The van der Waals surface area contributed by atoms with Gasteiger partial charge in [-0.3, -0.25) is 24.6 Å². The molecule has 2 aromatic rings. The normalized spacial score (nSPS) is 25.0. The summed E-state index contributed by atoms with van der Waals surface area (Å²) in [5.41, 5.74) is 0.264. The van der Waals surface area contributed by atoms with E-state index < -0.39 is 39.2 Å². The van der Waals surface area contributed by atoms with Gasteiger partial charge in [0.25, 0.3) is 11.8 Å². The van der Waals surface area contributed by atoms with Crippen molar-refractivity contribution in [2.24, 2.45) is 0 Å². The molecule has 0 spiro atoms. The van der Waals surface area contributed by atoms with Crippen LogP contribution in [0.4, 0.5) is 10.1 Å². The lowest BCUT2D eigenvalue weighted by Crippen LogP contribution is -2.77. The van der Waals surface area contributed by atoms with Gasteiger partial charge in [0.05, 0.1) is 13.2 Å². The van der Waals surface area contributed by atoms with Gasteiger partial charge in [-0.2, -0.15) is 0 Å². The molecule has 2 saturated heterocycles. The van der Waals surface area contributed by atoms with E-state index in [0.717, 1.165) is 13.1 Å². The van der Waals surface area contributed by atoms with Crippen LogP contribution in [0.15, 0.2) is 36.4 Å². The van der Waals surface area contributed by atoms with Crippen molar-refractivity contribution >= 4 is 70.5 Å². The third-order valence-corrected chi connectivity index (χ3v) is 9.66. The van der Waals surface area contributed by atoms with Crippen LogP contribution in [0.5, 0.6) is 0 Å². The first kappa shape index (κ1) is 29.5. The maximum absolute atomic E-state index is 15.5. The third-order valence-electron chi connectivity index (χ3n) is 9.66. The number of hydrogen-bond donors (Lipinski definition) is 3. The lowest BCUT2D eigenvalue weighted by Gasteiger charge is -2.59. The van der Waals surface area contributed by atoms with Crippen LogP contribution < -0.4 is 10.6 Å². The fourth-order valence-corrected chi connectivity index (χ4v) is 6.39. The predicted octanol–water partition coefficient (Wildman–Crippen LogP) is -4.79. The summed E-state index contributed by atoms with van der Waals surface area (Å²) < 4.78 is 20.9. The lowest BCUT2D eigenvalue weighted by atomic mass is 9.25. The number of imide groups is 1. The van der Waals surface area contributed by atoms with Gasteiger partial charge in [0, 0.05) is 53.9 Å². The minimum atomic E-state index is -2.33. The van der Waals surface area contributed by atoms with Crippen LogP contribution in [-0.4, -0.2) is 112 Å². The smallest absolute Gasteiger partial charge is 0.278 e. The van der Waals surface area contributed by atoms with Crippen molar-refractivity contribution in [3.05, 3.63) is 64.5 Å². The number of rotatable bonds is 6. The minimum absolute atomic E-state index is 0.168. The van der Waals surface area contributed by atoms with Crippen LogP contribution in [0.1, 0.15) is 27.0 Å². The Balaban J connectivity index is 1.46. The van der Waals surface area contributed by atoms with Crippen molar-refractivity contribution in [1.29, 1.82) is 0 Å². The maximum atomic E-state index is 15.5. The number of nitrogens with one attached hydrogen (secondary N) is 2. The van der Waals surface area contributed by atoms with E-state index in [1.54, 1.807) is 77.4 Å². The molecule has 3 amide bonds. The number of halogens is 1. The third kappa shape index (κ3) is 4.37. The summed E-state index contributed by atoms with van der Waals surface area (Å²) in [7, 11) is 10.1. The quantitative estimate of drug-likeness (QED) is 0.244. The summed E-state index contributed by atoms with van der Waals surface area (Å²) in [6, 6.07) is 10.5. The molecule has 208 valence electrons. The van der Waals surface area contributed by atoms with Gasteiger partial charge in [-0.15, -0.1) is 0 Å². The van der Waals surface area contributed by atoms with E-state index in [2.05, 4.69) is 15.5 Å². The number of benzene rings is 2. The number of carbonyl (C=O) groups excluding carboxylic acids is 3. The minimum Gasteiger partial charge on any atom is -0.381 e. The molecule has 3 N–H and O–H groups in total. The first-order valence-corrected chi connectivity index (χ1v) is 14.0. The SMILES string of the molecule is BC1(B)c2c(NCc3cccc(CN4CCOCC4)c3F)cccc2C(=O)N1C1(O)C(=O)NC(=O)C(B)(B)C1(B)B. The summed E-state index contributed by atoms with van der Waals surface area (Å²) in [4.78, 5) is 43.4. The molecular formula is C25H33B6FN4O5. The van der Waals surface area contributed by atoms with Crippen LogP contribution in [0.2, 0.25) is 10.4 Å². The number of anilines is 1. The number of nitrogens with zero attached hydrogens (tertiary/aromatic N) is 2. The summed E-state index contributed by atoms with van der Waals surface area (Å²) in [5.74, 6) is -2.25. The zero-order valence-electron chi connectivity index (χ0n) is 24.6. The number of hydrogen-bond acceptors (Lipinski definition) is 7. The Labute approximate surface area is 244 Å². The molecular weight excluding hydrogens is 520 g/mol. The van der Waals surface area contributed by atoms with Crippen LogP contribution in [0.3, 0.4) is 0 Å². The molecule has 0 radical (unpaired) electrons. The zero-order valence-corrected chi connectivity index (χ0v) is 24.6. The monoisotopic (exact) mass is 554 g/mol. The van der Waals surface area contributed by atoms with Gasteiger partial charge in [0.15, 0.2) is 0 Å². The van der Waals surface area contributed by atoms with Crippen molar-refractivity contribution in [1.82, 2.24) is 15.1 Å². The van der Waals surface area contributed by atoms with Crippen molar-refractivity contribution in [3.63, 3.8) is 0 Å². The Hall–Kier alpha value is -2.95. The molecule has 3 aliphatic heterocycles. The van der Waals surface area contributed by atoms with Crippen molar-refractivity contribution in [2.45, 2.75) is 34.6 Å². The summed E-state index contributed by atoms with van der Waals surface area (Å²) in [6.07, 6.45) is 0. The van der Waals surface area contributed by atoms with Crippen molar-refractivity contribution in [2.75, 3.05) is 31.6 Å². The summed E-state index contributed by atoms with van der Waals surface area (Å²) in [6.45, 7) is 3.44. The molecule has 1 unspecified atom stereocenters. The molecule has 9 nitrogen and oxygen atoms in total. The molecule has 5 rings (SSSR count).